The lowest BCUT2D eigenvalue weighted by Gasteiger charge is -2.10. The molecule has 9 nitrogen and oxygen atoms in total. The lowest BCUT2D eigenvalue weighted by Crippen LogP contribution is -2.28. The number of aryl methyl sites for hydroxylation is 1. The average Bonchev–Trinajstić information content (AvgIpc) is 3.20. The second-order valence-electron chi connectivity index (χ2n) is 7.32. The molecule has 0 spiro atoms. The molecular formula is C23H24N6O3. The van der Waals surface area contributed by atoms with Crippen LogP contribution >= 0.6 is 0 Å². The van der Waals surface area contributed by atoms with Gasteiger partial charge in [-0.3, -0.25) is 14.2 Å². The number of nitrogens with zero attached hydrogens (tertiary/aromatic N) is 5. The fourth-order valence-corrected chi connectivity index (χ4v) is 3.47. The summed E-state index contributed by atoms with van der Waals surface area (Å²) in [4.78, 5) is 33.9. The van der Waals surface area contributed by atoms with Crippen molar-refractivity contribution >= 4 is 16.9 Å². The van der Waals surface area contributed by atoms with Gasteiger partial charge in [0.1, 0.15) is 17.3 Å². The SMILES string of the molecule is CCOc1ncccc1C(=O)NCCn1ncc2c(=O)n(Cc3cccc(C)c3)cnc21. The van der Waals surface area contributed by atoms with E-state index in [2.05, 4.69) is 20.4 Å². The molecule has 32 heavy (non-hydrogen) atoms. The van der Waals surface area contributed by atoms with Gasteiger partial charge in [0.2, 0.25) is 5.88 Å². The van der Waals surface area contributed by atoms with Crippen molar-refractivity contribution in [2.45, 2.75) is 26.9 Å². The Bertz CT molecular complexity index is 1310. The molecule has 9 heteroatoms. The second-order valence-corrected chi connectivity index (χ2v) is 7.32. The summed E-state index contributed by atoms with van der Waals surface area (Å²) in [7, 11) is 0. The van der Waals surface area contributed by atoms with Crippen LogP contribution in [0.5, 0.6) is 5.88 Å². The Kier molecular flexibility index (Phi) is 6.25. The zero-order valence-corrected chi connectivity index (χ0v) is 18.0. The number of carbonyl (C=O) groups is 1. The minimum absolute atomic E-state index is 0.150. The first-order valence-corrected chi connectivity index (χ1v) is 10.4. The van der Waals surface area contributed by atoms with E-state index < -0.39 is 0 Å². The minimum Gasteiger partial charge on any atom is -0.477 e. The van der Waals surface area contributed by atoms with E-state index in [0.29, 0.717) is 48.7 Å². The number of hydrogen-bond donors (Lipinski definition) is 1. The highest BCUT2D eigenvalue weighted by Gasteiger charge is 2.14. The van der Waals surface area contributed by atoms with Gasteiger partial charge in [0.15, 0.2) is 5.65 Å². The highest BCUT2D eigenvalue weighted by atomic mass is 16.5. The molecule has 0 aliphatic carbocycles. The number of fused-ring (bicyclic) bond motifs is 1. The van der Waals surface area contributed by atoms with Crippen molar-refractivity contribution in [1.82, 2.24) is 29.6 Å². The van der Waals surface area contributed by atoms with Crippen LogP contribution < -0.4 is 15.6 Å². The van der Waals surface area contributed by atoms with E-state index in [1.54, 1.807) is 27.6 Å². The fraction of sp³-hybridized carbons (Fsp3) is 0.261. The highest BCUT2D eigenvalue weighted by molar-refractivity contribution is 5.96. The molecule has 1 aromatic carbocycles. The number of nitrogens with one attached hydrogen (secondary N) is 1. The average molecular weight is 432 g/mol. The monoisotopic (exact) mass is 432 g/mol. The van der Waals surface area contributed by atoms with Crippen LogP contribution in [0.4, 0.5) is 0 Å². The van der Waals surface area contributed by atoms with Crippen LogP contribution in [0.15, 0.2) is 59.9 Å². The number of carbonyl (C=O) groups excluding carboxylic acids is 1. The van der Waals surface area contributed by atoms with Gasteiger partial charge in [0, 0.05) is 12.7 Å². The van der Waals surface area contributed by atoms with Gasteiger partial charge in [0.25, 0.3) is 11.5 Å². The molecule has 164 valence electrons. The van der Waals surface area contributed by atoms with Crippen molar-refractivity contribution in [3.8, 4) is 5.88 Å². The van der Waals surface area contributed by atoms with Crippen molar-refractivity contribution in [2.75, 3.05) is 13.2 Å². The first kappa shape index (κ1) is 21.2. The second kappa shape index (κ2) is 9.42. The Balaban J connectivity index is 1.45. The van der Waals surface area contributed by atoms with Gasteiger partial charge in [-0.1, -0.05) is 29.8 Å². The Morgan fingerprint density at radius 3 is 2.88 bits per heavy atom. The molecule has 0 bridgehead atoms. The molecule has 0 aliphatic heterocycles. The molecule has 3 heterocycles. The molecule has 1 amide bonds. The van der Waals surface area contributed by atoms with Crippen LogP contribution in [0.1, 0.15) is 28.4 Å². The van der Waals surface area contributed by atoms with Crippen LogP contribution in [-0.2, 0) is 13.1 Å². The maximum absolute atomic E-state index is 12.9. The van der Waals surface area contributed by atoms with Gasteiger partial charge >= 0.3 is 0 Å². The van der Waals surface area contributed by atoms with E-state index >= 15 is 0 Å². The molecule has 4 rings (SSSR count). The number of amides is 1. The van der Waals surface area contributed by atoms with Gasteiger partial charge < -0.3 is 10.1 Å². The summed E-state index contributed by atoms with van der Waals surface area (Å²) in [6.45, 7) is 5.39. The third-order valence-electron chi connectivity index (χ3n) is 4.96. The molecule has 4 aromatic rings. The molecule has 0 fully saturated rings. The van der Waals surface area contributed by atoms with E-state index in [1.807, 2.05) is 38.1 Å². The Morgan fingerprint density at radius 1 is 1.19 bits per heavy atom. The fourth-order valence-electron chi connectivity index (χ4n) is 3.47. The zero-order valence-electron chi connectivity index (χ0n) is 18.0. The van der Waals surface area contributed by atoms with Crippen molar-refractivity contribution in [3.05, 3.63) is 82.2 Å². The smallest absolute Gasteiger partial charge is 0.264 e. The van der Waals surface area contributed by atoms with Crippen LogP contribution in [-0.4, -0.2) is 43.4 Å². The van der Waals surface area contributed by atoms with E-state index in [1.165, 1.54) is 12.5 Å². The zero-order chi connectivity index (χ0) is 22.5. The van der Waals surface area contributed by atoms with Crippen LogP contribution in [0, 0.1) is 6.92 Å². The molecule has 0 saturated carbocycles. The number of benzene rings is 1. The maximum Gasteiger partial charge on any atom is 0.264 e. The summed E-state index contributed by atoms with van der Waals surface area (Å²) in [6, 6.07) is 11.4. The Morgan fingerprint density at radius 2 is 2.06 bits per heavy atom. The number of hydrogen-bond acceptors (Lipinski definition) is 6. The molecule has 3 aromatic heterocycles. The van der Waals surface area contributed by atoms with Gasteiger partial charge in [-0.15, -0.1) is 0 Å². The van der Waals surface area contributed by atoms with Crippen molar-refractivity contribution in [3.63, 3.8) is 0 Å². The minimum atomic E-state index is -0.286. The van der Waals surface area contributed by atoms with Crippen LogP contribution in [0.25, 0.3) is 11.0 Å². The predicted octanol–water partition coefficient (Wildman–Crippen LogP) is 2.17. The molecule has 0 radical (unpaired) electrons. The Labute approximate surface area is 184 Å². The first-order chi connectivity index (χ1) is 15.6. The molecule has 0 saturated heterocycles. The lowest BCUT2D eigenvalue weighted by atomic mass is 10.1. The third-order valence-corrected chi connectivity index (χ3v) is 4.96. The standard InChI is InChI=1S/C23H24N6O3/c1-3-32-22-18(8-5-9-25-22)21(30)24-10-11-29-20-19(13-27-29)23(31)28(15-26-20)14-17-7-4-6-16(2)12-17/h4-9,12-13,15H,3,10-11,14H2,1-2H3,(H,24,30). The van der Waals surface area contributed by atoms with Crippen molar-refractivity contribution in [2.24, 2.45) is 0 Å². The number of aromatic nitrogens is 5. The van der Waals surface area contributed by atoms with E-state index in [0.717, 1.165) is 11.1 Å². The van der Waals surface area contributed by atoms with E-state index in [9.17, 15) is 9.59 Å². The molecule has 0 atom stereocenters. The van der Waals surface area contributed by atoms with Gasteiger partial charge in [-0.25, -0.2) is 14.6 Å². The van der Waals surface area contributed by atoms with Crippen molar-refractivity contribution in [1.29, 1.82) is 0 Å². The van der Waals surface area contributed by atoms with Crippen LogP contribution in [0.2, 0.25) is 0 Å². The maximum atomic E-state index is 12.9. The molecule has 0 aliphatic rings. The quantitative estimate of drug-likeness (QED) is 0.458. The number of pyridine rings is 1. The van der Waals surface area contributed by atoms with Gasteiger partial charge in [0.05, 0.1) is 25.9 Å². The summed E-state index contributed by atoms with van der Waals surface area (Å²) in [6.07, 6.45) is 4.64. The topological polar surface area (TPSA) is 104 Å². The predicted molar refractivity (Wildman–Crippen MR) is 120 cm³/mol. The number of ether oxygens (including phenoxy) is 1. The van der Waals surface area contributed by atoms with E-state index in [-0.39, 0.29) is 11.5 Å². The Hall–Kier alpha value is -4.01. The summed E-state index contributed by atoms with van der Waals surface area (Å²) in [5.41, 5.74) is 2.88. The van der Waals surface area contributed by atoms with E-state index in [4.69, 9.17) is 4.74 Å². The van der Waals surface area contributed by atoms with Crippen LogP contribution in [0.3, 0.4) is 0 Å². The van der Waals surface area contributed by atoms with Gasteiger partial charge in [-0.2, -0.15) is 5.10 Å². The normalized spacial score (nSPS) is 10.9. The molecular weight excluding hydrogens is 408 g/mol. The summed E-state index contributed by atoms with van der Waals surface area (Å²) in [5, 5.41) is 7.56. The molecule has 0 unspecified atom stereocenters. The highest BCUT2D eigenvalue weighted by Crippen LogP contribution is 2.14. The third kappa shape index (κ3) is 4.51. The summed E-state index contributed by atoms with van der Waals surface area (Å²) in [5.74, 6) is 0.0133. The lowest BCUT2D eigenvalue weighted by molar-refractivity contribution is 0.0947. The summed E-state index contributed by atoms with van der Waals surface area (Å²) >= 11 is 0. The summed E-state index contributed by atoms with van der Waals surface area (Å²) < 4.78 is 8.59. The van der Waals surface area contributed by atoms with Crippen molar-refractivity contribution < 1.29 is 9.53 Å². The largest absolute Gasteiger partial charge is 0.477 e. The molecule has 1 N–H and O–H groups in total. The van der Waals surface area contributed by atoms with Gasteiger partial charge in [-0.05, 0) is 31.5 Å². The first-order valence-electron chi connectivity index (χ1n) is 10.4. The number of rotatable bonds is 8.